The SMILES string of the molecule is COCCC(C)C(=O)Cc1ccc(OC)cc1. The first-order valence-electron chi connectivity index (χ1n) is 5.82. The van der Waals surface area contributed by atoms with E-state index in [1.165, 1.54) is 0 Å². The highest BCUT2D eigenvalue weighted by Crippen LogP contribution is 2.14. The van der Waals surface area contributed by atoms with Crippen LogP contribution in [0, 0.1) is 5.92 Å². The molecule has 0 bridgehead atoms. The number of hydrogen-bond acceptors (Lipinski definition) is 3. The summed E-state index contributed by atoms with van der Waals surface area (Å²) in [7, 11) is 3.29. The summed E-state index contributed by atoms with van der Waals surface area (Å²) in [6.45, 7) is 2.58. The van der Waals surface area contributed by atoms with Crippen molar-refractivity contribution < 1.29 is 14.3 Å². The lowest BCUT2D eigenvalue weighted by atomic mass is 9.97. The second-order valence-electron chi connectivity index (χ2n) is 4.17. The molecule has 1 aromatic carbocycles. The Balaban J connectivity index is 2.49. The number of Topliss-reactive ketones (excluding diaryl/α,β-unsaturated/α-hetero) is 1. The van der Waals surface area contributed by atoms with E-state index in [9.17, 15) is 4.79 Å². The van der Waals surface area contributed by atoms with Crippen LogP contribution in [-0.4, -0.2) is 26.6 Å². The number of rotatable bonds is 7. The number of carbonyl (C=O) groups is 1. The highest BCUT2D eigenvalue weighted by molar-refractivity contribution is 5.82. The average molecular weight is 236 g/mol. The molecule has 0 saturated carbocycles. The normalized spacial score (nSPS) is 12.2. The molecule has 0 aliphatic heterocycles. The summed E-state index contributed by atoms with van der Waals surface area (Å²) < 4.78 is 10.0. The Morgan fingerprint density at radius 2 is 1.88 bits per heavy atom. The Morgan fingerprint density at radius 1 is 1.24 bits per heavy atom. The van der Waals surface area contributed by atoms with Crippen molar-refractivity contribution in [3.8, 4) is 5.75 Å². The zero-order valence-electron chi connectivity index (χ0n) is 10.7. The van der Waals surface area contributed by atoms with Crippen LogP contribution in [0.2, 0.25) is 0 Å². The number of carbonyl (C=O) groups excluding carboxylic acids is 1. The molecule has 0 amide bonds. The minimum absolute atomic E-state index is 0.0528. The van der Waals surface area contributed by atoms with Gasteiger partial charge in [-0.05, 0) is 24.1 Å². The van der Waals surface area contributed by atoms with Crippen molar-refractivity contribution in [3.63, 3.8) is 0 Å². The summed E-state index contributed by atoms with van der Waals surface area (Å²) in [4.78, 5) is 11.9. The van der Waals surface area contributed by atoms with E-state index in [1.54, 1.807) is 14.2 Å². The summed E-state index contributed by atoms with van der Waals surface area (Å²) >= 11 is 0. The quantitative estimate of drug-likeness (QED) is 0.729. The lowest BCUT2D eigenvalue weighted by Gasteiger charge is -2.10. The van der Waals surface area contributed by atoms with Gasteiger partial charge >= 0.3 is 0 Å². The first-order chi connectivity index (χ1) is 8.17. The van der Waals surface area contributed by atoms with E-state index < -0.39 is 0 Å². The highest BCUT2D eigenvalue weighted by Gasteiger charge is 2.13. The predicted octanol–water partition coefficient (Wildman–Crippen LogP) is 2.48. The van der Waals surface area contributed by atoms with Crippen LogP contribution in [0.25, 0.3) is 0 Å². The largest absolute Gasteiger partial charge is 0.497 e. The third kappa shape index (κ3) is 4.57. The molecule has 0 fully saturated rings. The summed E-state index contributed by atoms with van der Waals surface area (Å²) in [5, 5.41) is 0. The Bertz CT molecular complexity index is 343. The lowest BCUT2D eigenvalue weighted by molar-refractivity contribution is -0.122. The molecule has 0 aromatic heterocycles. The van der Waals surface area contributed by atoms with Gasteiger partial charge in [0.25, 0.3) is 0 Å². The molecule has 0 heterocycles. The van der Waals surface area contributed by atoms with Crippen molar-refractivity contribution in [2.24, 2.45) is 5.92 Å². The summed E-state index contributed by atoms with van der Waals surface area (Å²) in [5.74, 6) is 1.12. The zero-order chi connectivity index (χ0) is 12.7. The molecule has 17 heavy (non-hydrogen) atoms. The minimum Gasteiger partial charge on any atom is -0.497 e. The van der Waals surface area contributed by atoms with E-state index in [2.05, 4.69) is 0 Å². The molecule has 1 rings (SSSR count). The second-order valence-corrected chi connectivity index (χ2v) is 4.17. The van der Waals surface area contributed by atoms with Gasteiger partial charge in [0.2, 0.25) is 0 Å². The van der Waals surface area contributed by atoms with Gasteiger partial charge in [0.1, 0.15) is 11.5 Å². The number of hydrogen-bond donors (Lipinski definition) is 0. The number of ketones is 1. The molecule has 1 atom stereocenters. The first kappa shape index (κ1) is 13.7. The van der Waals surface area contributed by atoms with Gasteiger partial charge in [-0.25, -0.2) is 0 Å². The smallest absolute Gasteiger partial charge is 0.140 e. The van der Waals surface area contributed by atoms with Gasteiger partial charge in [-0.1, -0.05) is 19.1 Å². The zero-order valence-corrected chi connectivity index (χ0v) is 10.7. The maximum Gasteiger partial charge on any atom is 0.140 e. The predicted molar refractivity (Wildman–Crippen MR) is 67.4 cm³/mol. The molecule has 0 aliphatic carbocycles. The second kappa shape index (κ2) is 7.07. The van der Waals surface area contributed by atoms with Crippen molar-refractivity contribution >= 4 is 5.78 Å². The minimum atomic E-state index is 0.0528. The maximum atomic E-state index is 11.9. The van der Waals surface area contributed by atoms with Crippen LogP contribution < -0.4 is 4.74 Å². The van der Waals surface area contributed by atoms with E-state index >= 15 is 0 Å². The molecular formula is C14H20O3. The van der Waals surface area contributed by atoms with Gasteiger partial charge in [-0.3, -0.25) is 4.79 Å². The monoisotopic (exact) mass is 236 g/mol. The molecule has 1 aromatic rings. The molecule has 1 unspecified atom stereocenters. The standard InChI is InChI=1S/C14H20O3/c1-11(8-9-16-2)14(15)10-12-4-6-13(17-3)7-5-12/h4-7,11H,8-10H2,1-3H3. The van der Waals surface area contributed by atoms with Crippen LogP contribution in [0.1, 0.15) is 18.9 Å². The Kier molecular flexibility index (Phi) is 5.70. The fraction of sp³-hybridized carbons (Fsp3) is 0.500. The molecule has 3 heteroatoms. The molecule has 0 spiro atoms. The van der Waals surface area contributed by atoms with Gasteiger partial charge in [0.15, 0.2) is 0 Å². The van der Waals surface area contributed by atoms with E-state index in [1.807, 2.05) is 31.2 Å². The number of benzene rings is 1. The van der Waals surface area contributed by atoms with Crippen LogP contribution >= 0.6 is 0 Å². The molecule has 0 radical (unpaired) electrons. The Hall–Kier alpha value is -1.35. The highest BCUT2D eigenvalue weighted by atomic mass is 16.5. The van der Waals surface area contributed by atoms with E-state index in [-0.39, 0.29) is 11.7 Å². The molecule has 94 valence electrons. The van der Waals surface area contributed by atoms with E-state index in [0.29, 0.717) is 13.0 Å². The number of ether oxygens (including phenoxy) is 2. The molecule has 0 saturated heterocycles. The van der Waals surface area contributed by atoms with Crippen molar-refractivity contribution in [1.82, 2.24) is 0 Å². The van der Waals surface area contributed by atoms with Crippen molar-refractivity contribution in [3.05, 3.63) is 29.8 Å². The first-order valence-corrected chi connectivity index (χ1v) is 5.82. The third-order valence-electron chi connectivity index (χ3n) is 2.84. The van der Waals surface area contributed by atoms with Gasteiger partial charge in [-0.15, -0.1) is 0 Å². The maximum absolute atomic E-state index is 11.9. The van der Waals surface area contributed by atoms with Crippen molar-refractivity contribution in [2.45, 2.75) is 19.8 Å². The van der Waals surface area contributed by atoms with Crippen LogP contribution in [-0.2, 0) is 16.0 Å². The summed E-state index contributed by atoms with van der Waals surface area (Å²) in [6, 6.07) is 7.62. The molecule has 0 aliphatic rings. The third-order valence-corrected chi connectivity index (χ3v) is 2.84. The van der Waals surface area contributed by atoms with Gasteiger partial charge in [0.05, 0.1) is 7.11 Å². The molecular weight excluding hydrogens is 216 g/mol. The van der Waals surface area contributed by atoms with Crippen LogP contribution in [0.4, 0.5) is 0 Å². The van der Waals surface area contributed by atoms with Crippen LogP contribution in [0.3, 0.4) is 0 Å². The van der Waals surface area contributed by atoms with Crippen LogP contribution in [0.15, 0.2) is 24.3 Å². The molecule has 3 nitrogen and oxygen atoms in total. The fourth-order valence-electron chi connectivity index (χ4n) is 1.57. The van der Waals surface area contributed by atoms with E-state index in [4.69, 9.17) is 9.47 Å². The molecule has 0 N–H and O–H groups in total. The average Bonchev–Trinajstić information content (AvgIpc) is 2.36. The van der Waals surface area contributed by atoms with Gasteiger partial charge in [-0.2, -0.15) is 0 Å². The van der Waals surface area contributed by atoms with Gasteiger partial charge in [0, 0.05) is 26.1 Å². The Labute approximate surface area is 103 Å². The summed E-state index contributed by atoms with van der Waals surface area (Å²) in [5.41, 5.74) is 1.03. The van der Waals surface area contributed by atoms with Gasteiger partial charge < -0.3 is 9.47 Å². The van der Waals surface area contributed by atoms with Crippen molar-refractivity contribution in [1.29, 1.82) is 0 Å². The number of methoxy groups -OCH3 is 2. The topological polar surface area (TPSA) is 35.5 Å². The summed E-state index contributed by atoms with van der Waals surface area (Å²) in [6.07, 6.45) is 1.26. The van der Waals surface area contributed by atoms with Crippen molar-refractivity contribution in [2.75, 3.05) is 20.8 Å². The Morgan fingerprint density at radius 3 is 2.41 bits per heavy atom. The van der Waals surface area contributed by atoms with Crippen LogP contribution in [0.5, 0.6) is 5.75 Å². The lowest BCUT2D eigenvalue weighted by Crippen LogP contribution is -2.15. The van der Waals surface area contributed by atoms with E-state index in [0.717, 1.165) is 17.7 Å². The fourth-order valence-corrected chi connectivity index (χ4v) is 1.57.